The largest absolute Gasteiger partial charge is 0.393 e. The highest BCUT2D eigenvalue weighted by molar-refractivity contribution is 6.33. The van der Waals surface area contributed by atoms with Crippen LogP contribution in [0.4, 0.5) is 0 Å². The Kier molecular flexibility index (Phi) is 4.49. The molecule has 3 nitrogen and oxygen atoms in total. The van der Waals surface area contributed by atoms with Crippen LogP contribution in [0.1, 0.15) is 52.7 Å². The fourth-order valence-corrected chi connectivity index (χ4v) is 5.17. The number of aliphatic hydroxyl groups is 1. The zero-order valence-electron chi connectivity index (χ0n) is 14.9. The number of ketones is 1. The Morgan fingerprint density at radius 1 is 1.15 bits per heavy atom. The van der Waals surface area contributed by atoms with E-state index < -0.39 is 5.78 Å². The third-order valence-corrected chi connectivity index (χ3v) is 6.42. The van der Waals surface area contributed by atoms with Crippen molar-refractivity contribution in [3.63, 3.8) is 0 Å². The summed E-state index contributed by atoms with van der Waals surface area (Å²) < 4.78 is 0. The van der Waals surface area contributed by atoms with Crippen LogP contribution in [-0.2, 0) is 23.1 Å². The summed E-state index contributed by atoms with van der Waals surface area (Å²) in [6.07, 6.45) is 5.70. The molecular formula is C23H24O3. The minimum atomic E-state index is -0.453. The standard InChI is InChI=1S/C23H24O3/c24-15-22(26)18-7-9-21-17(12-18)6-8-19-13-20(25)10-11-23(19,21)14-16-4-2-1-3-5-16/h1-5,7,9,12,15,19-20,25H,6,8,10-11,13-14H2/t19?,20-,23+/m1/s1. The van der Waals surface area contributed by atoms with Gasteiger partial charge in [-0.2, -0.15) is 0 Å². The normalized spacial score (nSPS) is 27.3. The monoisotopic (exact) mass is 348 g/mol. The van der Waals surface area contributed by atoms with Crippen molar-refractivity contribution in [3.8, 4) is 0 Å². The predicted molar refractivity (Wildman–Crippen MR) is 100 cm³/mol. The number of hydrogen-bond acceptors (Lipinski definition) is 3. The van der Waals surface area contributed by atoms with Crippen molar-refractivity contribution in [3.05, 3.63) is 70.8 Å². The second-order valence-electron chi connectivity index (χ2n) is 7.84. The van der Waals surface area contributed by atoms with Crippen molar-refractivity contribution in [2.24, 2.45) is 5.92 Å². The summed E-state index contributed by atoms with van der Waals surface area (Å²) in [4.78, 5) is 22.7. The van der Waals surface area contributed by atoms with Gasteiger partial charge in [-0.25, -0.2) is 0 Å². The molecule has 2 aromatic rings. The van der Waals surface area contributed by atoms with Gasteiger partial charge < -0.3 is 5.11 Å². The molecule has 0 heterocycles. The highest BCUT2D eigenvalue weighted by atomic mass is 16.3. The van der Waals surface area contributed by atoms with Gasteiger partial charge in [-0.3, -0.25) is 9.59 Å². The quantitative estimate of drug-likeness (QED) is 0.521. The highest BCUT2D eigenvalue weighted by Gasteiger charge is 2.47. The maximum absolute atomic E-state index is 11.8. The Bertz CT molecular complexity index is 827. The van der Waals surface area contributed by atoms with Gasteiger partial charge in [0.2, 0.25) is 5.78 Å². The van der Waals surface area contributed by atoms with E-state index >= 15 is 0 Å². The zero-order chi connectivity index (χ0) is 18.1. The van der Waals surface area contributed by atoms with E-state index in [1.165, 1.54) is 16.7 Å². The van der Waals surface area contributed by atoms with Crippen molar-refractivity contribution in [2.75, 3.05) is 0 Å². The maximum atomic E-state index is 11.8. The van der Waals surface area contributed by atoms with Crippen molar-refractivity contribution < 1.29 is 14.7 Å². The number of aryl methyl sites for hydroxylation is 1. The SMILES string of the molecule is O=CC(=O)c1ccc2c(c1)CCC1C[C@H](O)CC[C@@]21Cc1ccccc1. The van der Waals surface area contributed by atoms with E-state index in [1.54, 1.807) is 6.07 Å². The van der Waals surface area contributed by atoms with Crippen LogP contribution >= 0.6 is 0 Å². The van der Waals surface area contributed by atoms with Gasteiger partial charge >= 0.3 is 0 Å². The van der Waals surface area contributed by atoms with Gasteiger partial charge in [-0.1, -0.05) is 42.5 Å². The summed E-state index contributed by atoms with van der Waals surface area (Å²) >= 11 is 0. The summed E-state index contributed by atoms with van der Waals surface area (Å²) in [5, 5.41) is 10.2. The van der Waals surface area contributed by atoms with Crippen LogP contribution < -0.4 is 0 Å². The Morgan fingerprint density at radius 3 is 2.73 bits per heavy atom. The number of benzene rings is 2. The smallest absolute Gasteiger partial charge is 0.225 e. The van der Waals surface area contributed by atoms with E-state index in [0.29, 0.717) is 17.8 Å². The minimum Gasteiger partial charge on any atom is -0.393 e. The molecule has 1 unspecified atom stereocenters. The molecule has 3 atom stereocenters. The number of rotatable bonds is 4. The molecule has 0 aromatic heterocycles. The fraction of sp³-hybridized carbons (Fsp3) is 0.391. The molecule has 0 aliphatic heterocycles. The lowest BCUT2D eigenvalue weighted by atomic mass is 9.54. The summed E-state index contributed by atoms with van der Waals surface area (Å²) in [6, 6.07) is 16.3. The van der Waals surface area contributed by atoms with Gasteiger partial charge in [-0.05, 0) is 67.2 Å². The van der Waals surface area contributed by atoms with Crippen LogP contribution in [0.3, 0.4) is 0 Å². The number of hydrogen-bond donors (Lipinski definition) is 1. The molecular weight excluding hydrogens is 324 g/mol. The number of aldehydes is 1. The summed E-state index contributed by atoms with van der Waals surface area (Å²) in [7, 11) is 0. The van der Waals surface area contributed by atoms with Crippen LogP contribution in [0.2, 0.25) is 0 Å². The minimum absolute atomic E-state index is 0.0108. The van der Waals surface area contributed by atoms with E-state index in [1.807, 2.05) is 12.1 Å². The molecule has 0 bridgehead atoms. The van der Waals surface area contributed by atoms with Crippen molar-refractivity contribution >= 4 is 12.1 Å². The van der Waals surface area contributed by atoms with Crippen LogP contribution in [0.25, 0.3) is 0 Å². The molecule has 2 aromatic carbocycles. The first-order chi connectivity index (χ1) is 12.6. The van der Waals surface area contributed by atoms with Crippen LogP contribution in [0, 0.1) is 5.92 Å². The molecule has 0 radical (unpaired) electrons. The fourth-order valence-electron chi connectivity index (χ4n) is 5.17. The van der Waals surface area contributed by atoms with Crippen molar-refractivity contribution in [1.82, 2.24) is 0 Å². The number of Topliss-reactive ketones (excluding diaryl/α,β-unsaturated/α-hetero) is 1. The number of aliphatic hydroxyl groups excluding tert-OH is 1. The molecule has 2 aliphatic carbocycles. The molecule has 1 N–H and O–H groups in total. The molecule has 0 amide bonds. The second-order valence-corrected chi connectivity index (χ2v) is 7.84. The Balaban J connectivity index is 1.79. The molecule has 3 heteroatoms. The first kappa shape index (κ1) is 17.2. The van der Waals surface area contributed by atoms with Crippen LogP contribution in [0.5, 0.6) is 0 Å². The van der Waals surface area contributed by atoms with Gasteiger partial charge in [0.05, 0.1) is 6.10 Å². The molecule has 1 fully saturated rings. The van der Waals surface area contributed by atoms with Gasteiger partial charge in [0.25, 0.3) is 0 Å². The van der Waals surface area contributed by atoms with Crippen LogP contribution in [0.15, 0.2) is 48.5 Å². The van der Waals surface area contributed by atoms with Gasteiger partial charge in [0.15, 0.2) is 6.29 Å². The van der Waals surface area contributed by atoms with Gasteiger partial charge in [0, 0.05) is 11.0 Å². The van der Waals surface area contributed by atoms with Crippen molar-refractivity contribution in [1.29, 1.82) is 0 Å². The highest BCUT2D eigenvalue weighted by Crippen LogP contribution is 2.52. The van der Waals surface area contributed by atoms with Gasteiger partial charge in [0.1, 0.15) is 0 Å². The first-order valence-electron chi connectivity index (χ1n) is 9.47. The van der Waals surface area contributed by atoms with E-state index in [9.17, 15) is 14.7 Å². The second kappa shape index (κ2) is 6.81. The molecule has 0 spiro atoms. The summed E-state index contributed by atoms with van der Waals surface area (Å²) in [5.41, 5.74) is 4.32. The maximum Gasteiger partial charge on any atom is 0.225 e. The molecule has 26 heavy (non-hydrogen) atoms. The molecule has 0 saturated heterocycles. The summed E-state index contributed by atoms with van der Waals surface area (Å²) in [6.45, 7) is 0. The first-order valence-corrected chi connectivity index (χ1v) is 9.47. The van der Waals surface area contributed by atoms with E-state index in [-0.39, 0.29) is 11.5 Å². The Labute approximate surface area is 154 Å². The van der Waals surface area contributed by atoms with E-state index in [2.05, 4.69) is 30.3 Å². The molecule has 4 rings (SSSR count). The number of carbonyl (C=O) groups is 2. The summed E-state index contributed by atoms with van der Waals surface area (Å²) in [5.74, 6) is -0.00215. The third-order valence-electron chi connectivity index (χ3n) is 6.42. The number of carbonyl (C=O) groups excluding carboxylic acids is 2. The Hall–Kier alpha value is -2.26. The average molecular weight is 348 g/mol. The predicted octanol–water partition coefficient (Wildman–Crippen LogP) is 3.66. The van der Waals surface area contributed by atoms with Crippen LogP contribution in [-0.4, -0.2) is 23.3 Å². The lowest BCUT2D eigenvalue weighted by molar-refractivity contribution is -0.104. The lowest BCUT2D eigenvalue weighted by Gasteiger charge is -2.50. The molecule has 1 saturated carbocycles. The molecule has 2 aliphatic rings. The topological polar surface area (TPSA) is 54.4 Å². The molecule has 134 valence electrons. The third kappa shape index (κ3) is 2.90. The van der Waals surface area contributed by atoms with E-state index in [4.69, 9.17) is 0 Å². The number of fused-ring (bicyclic) bond motifs is 3. The van der Waals surface area contributed by atoms with Gasteiger partial charge in [-0.15, -0.1) is 0 Å². The zero-order valence-corrected chi connectivity index (χ0v) is 14.9. The average Bonchev–Trinajstić information content (AvgIpc) is 2.68. The van der Waals surface area contributed by atoms with E-state index in [0.717, 1.165) is 38.5 Å². The van der Waals surface area contributed by atoms with Crippen molar-refractivity contribution in [2.45, 2.75) is 50.0 Å². The Morgan fingerprint density at radius 2 is 1.96 bits per heavy atom. The lowest BCUT2D eigenvalue weighted by Crippen LogP contribution is -2.46.